The van der Waals surface area contributed by atoms with E-state index in [1.54, 1.807) is 6.33 Å². The van der Waals surface area contributed by atoms with E-state index in [0.29, 0.717) is 0 Å². The van der Waals surface area contributed by atoms with Gasteiger partial charge in [-0.1, -0.05) is 4.98 Å². The second-order valence-corrected chi connectivity index (χ2v) is 2.82. The Morgan fingerprint density at radius 1 is 1.75 bits per heavy atom. The lowest BCUT2D eigenvalue weighted by Crippen LogP contribution is -2.27. The number of nitrogens with zero attached hydrogens (tertiary/aromatic N) is 2. The summed E-state index contributed by atoms with van der Waals surface area (Å²) in [6.45, 7) is 0. The maximum Gasteiger partial charge on any atom is 0.285 e. The molecule has 1 aromatic rings. The van der Waals surface area contributed by atoms with E-state index >= 15 is 0 Å². The van der Waals surface area contributed by atoms with E-state index in [1.165, 1.54) is 0 Å². The molecule has 1 heterocycles. The van der Waals surface area contributed by atoms with Crippen molar-refractivity contribution in [2.75, 3.05) is 0 Å². The highest BCUT2D eigenvalue weighted by Crippen LogP contribution is 1.93. The monoisotopic (exact) mass is 221 g/mol. The van der Waals surface area contributed by atoms with Crippen LogP contribution in [0.5, 0.6) is 0 Å². The quantitative estimate of drug-likeness (QED) is 0.460. The molecule has 0 fully saturated rings. The molecule has 0 spiro atoms. The summed E-state index contributed by atoms with van der Waals surface area (Å²) in [6.07, 6.45) is 5.59. The lowest BCUT2D eigenvalue weighted by Gasteiger charge is -1.83. The van der Waals surface area contributed by atoms with Crippen LogP contribution < -0.4 is 4.57 Å². The molecule has 1 rings (SSSR count). The first kappa shape index (κ1) is 5.94. The molecule has 1 aromatic heterocycles. The second kappa shape index (κ2) is 2.39. The smallest absolute Gasteiger partial charge is 0.239 e. The lowest BCUT2D eigenvalue weighted by molar-refractivity contribution is -0.675. The standard InChI is InChI=1S/C5H6IN2/c1-8-3-5(6)2-7-4-8/h2-4H,1H3/q+1. The third kappa shape index (κ3) is 1.40. The highest BCUT2D eigenvalue weighted by molar-refractivity contribution is 14.1. The van der Waals surface area contributed by atoms with E-state index in [-0.39, 0.29) is 0 Å². The Morgan fingerprint density at radius 3 is 2.88 bits per heavy atom. The number of hydrogen-bond acceptors (Lipinski definition) is 1. The highest BCUT2D eigenvalue weighted by atomic mass is 127. The van der Waals surface area contributed by atoms with Crippen molar-refractivity contribution in [1.82, 2.24) is 4.98 Å². The van der Waals surface area contributed by atoms with Crippen LogP contribution in [0.3, 0.4) is 0 Å². The van der Waals surface area contributed by atoms with E-state index in [9.17, 15) is 0 Å². The number of aryl methyl sites for hydroxylation is 1. The van der Waals surface area contributed by atoms with Gasteiger partial charge in [-0.15, -0.1) is 0 Å². The molecule has 0 aliphatic heterocycles. The average molecular weight is 221 g/mol. The van der Waals surface area contributed by atoms with Gasteiger partial charge in [0, 0.05) is 0 Å². The van der Waals surface area contributed by atoms with Crippen molar-refractivity contribution in [3.63, 3.8) is 0 Å². The van der Waals surface area contributed by atoms with Crippen molar-refractivity contribution >= 4 is 22.6 Å². The van der Waals surface area contributed by atoms with Crippen LogP contribution in [0.4, 0.5) is 0 Å². The molecule has 0 saturated heterocycles. The van der Waals surface area contributed by atoms with E-state index in [0.717, 1.165) is 3.57 Å². The molecular formula is C5H6IN2+. The molecular weight excluding hydrogens is 215 g/mol. The normalized spacial score (nSPS) is 9.25. The van der Waals surface area contributed by atoms with Crippen LogP contribution in [-0.2, 0) is 7.05 Å². The van der Waals surface area contributed by atoms with Gasteiger partial charge >= 0.3 is 0 Å². The summed E-state index contributed by atoms with van der Waals surface area (Å²) >= 11 is 2.22. The minimum atomic E-state index is 1.16. The maximum absolute atomic E-state index is 3.94. The molecule has 0 unspecified atom stereocenters. The molecule has 42 valence electrons. The SMILES string of the molecule is C[n+]1cncc(I)c1. The third-order valence-electron chi connectivity index (χ3n) is 0.774. The van der Waals surface area contributed by atoms with Gasteiger partial charge in [-0.3, -0.25) is 0 Å². The summed E-state index contributed by atoms with van der Waals surface area (Å²) < 4.78 is 3.08. The molecule has 0 N–H and O–H groups in total. The fourth-order valence-electron chi connectivity index (χ4n) is 0.471. The Kier molecular flexibility index (Phi) is 1.77. The molecule has 3 heteroatoms. The Morgan fingerprint density at radius 2 is 2.50 bits per heavy atom. The third-order valence-corrected chi connectivity index (χ3v) is 1.33. The first-order valence-electron chi connectivity index (χ1n) is 2.25. The molecule has 8 heavy (non-hydrogen) atoms. The number of aromatic nitrogens is 2. The maximum atomic E-state index is 3.94. The predicted octanol–water partition coefficient (Wildman–Crippen LogP) is 0.511. The first-order valence-corrected chi connectivity index (χ1v) is 3.33. The van der Waals surface area contributed by atoms with Crippen LogP contribution in [0.15, 0.2) is 18.7 Å². The Labute approximate surface area is 61.7 Å². The van der Waals surface area contributed by atoms with Crippen molar-refractivity contribution in [3.8, 4) is 0 Å². The van der Waals surface area contributed by atoms with Gasteiger partial charge in [0.2, 0.25) is 0 Å². The Balaban J connectivity index is 3.08. The Hall–Kier alpha value is -0.190. The molecule has 2 nitrogen and oxygen atoms in total. The predicted molar refractivity (Wildman–Crippen MR) is 38.1 cm³/mol. The highest BCUT2D eigenvalue weighted by Gasteiger charge is 1.90. The van der Waals surface area contributed by atoms with Gasteiger partial charge in [0.1, 0.15) is 6.20 Å². The molecule has 0 amide bonds. The minimum absolute atomic E-state index is 1.16. The summed E-state index contributed by atoms with van der Waals surface area (Å²) in [4.78, 5) is 3.94. The summed E-state index contributed by atoms with van der Waals surface area (Å²) in [7, 11) is 1.95. The van der Waals surface area contributed by atoms with Crippen molar-refractivity contribution in [2.45, 2.75) is 0 Å². The van der Waals surface area contributed by atoms with Crippen molar-refractivity contribution < 1.29 is 4.57 Å². The van der Waals surface area contributed by atoms with Gasteiger partial charge in [-0.2, -0.15) is 0 Å². The molecule has 0 aliphatic rings. The topological polar surface area (TPSA) is 16.8 Å². The molecule has 0 atom stereocenters. The van der Waals surface area contributed by atoms with Gasteiger partial charge in [-0.05, 0) is 22.6 Å². The summed E-state index contributed by atoms with van der Waals surface area (Å²) in [5.41, 5.74) is 0. The number of halogens is 1. The van der Waals surface area contributed by atoms with Crippen LogP contribution in [0.25, 0.3) is 0 Å². The zero-order valence-electron chi connectivity index (χ0n) is 4.50. The van der Waals surface area contributed by atoms with Gasteiger partial charge in [0.05, 0.1) is 10.6 Å². The summed E-state index contributed by atoms with van der Waals surface area (Å²) in [5, 5.41) is 0. The van der Waals surface area contributed by atoms with Crippen LogP contribution in [0.1, 0.15) is 0 Å². The van der Waals surface area contributed by atoms with Crippen molar-refractivity contribution in [2.24, 2.45) is 7.05 Å². The van der Waals surface area contributed by atoms with E-state index in [4.69, 9.17) is 0 Å². The summed E-state index contributed by atoms with van der Waals surface area (Å²) in [6, 6.07) is 0. The second-order valence-electron chi connectivity index (χ2n) is 1.57. The molecule has 0 saturated carbocycles. The number of hydrogen-bond donors (Lipinski definition) is 0. The zero-order chi connectivity index (χ0) is 5.98. The van der Waals surface area contributed by atoms with E-state index in [2.05, 4.69) is 27.6 Å². The molecule has 0 radical (unpaired) electrons. The molecule has 0 aliphatic carbocycles. The van der Waals surface area contributed by atoms with Gasteiger partial charge < -0.3 is 0 Å². The van der Waals surface area contributed by atoms with Crippen LogP contribution >= 0.6 is 22.6 Å². The van der Waals surface area contributed by atoms with Gasteiger partial charge in [0.25, 0.3) is 6.33 Å². The number of rotatable bonds is 0. The average Bonchev–Trinajstić information content (AvgIpc) is 1.64. The minimum Gasteiger partial charge on any atom is -0.239 e. The fourth-order valence-corrected chi connectivity index (χ4v) is 1.07. The van der Waals surface area contributed by atoms with Crippen LogP contribution in [-0.4, -0.2) is 4.98 Å². The lowest BCUT2D eigenvalue weighted by atomic mass is 10.7. The summed E-state index contributed by atoms with van der Waals surface area (Å²) in [5.74, 6) is 0. The van der Waals surface area contributed by atoms with Gasteiger partial charge in [-0.25, -0.2) is 4.57 Å². The van der Waals surface area contributed by atoms with Crippen molar-refractivity contribution in [1.29, 1.82) is 0 Å². The first-order chi connectivity index (χ1) is 3.79. The van der Waals surface area contributed by atoms with Crippen LogP contribution in [0, 0.1) is 3.57 Å². The van der Waals surface area contributed by atoms with E-state index < -0.39 is 0 Å². The molecule has 0 aromatic carbocycles. The van der Waals surface area contributed by atoms with Crippen molar-refractivity contribution in [3.05, 3.63) is 22.3 Å². The van der Waals surface area contributed by atoms with Crippen LogP contribution in [0.2, 0.25) is 0 Å². The fraction of sp³-hybridized carbons (Fsp3) is 0.200. The largest absolute Gasteiger partial charge is 0.285 e. The van der Waals surface area contributed by atoms with Gasteiger partial charge in [0.15, 0.2) is 6.20 Å². The zero-order valence-corrected chi connectivity index (χ0v) is 6.66. The molecule has 0 bridgehead atoms. The Bertz CT molecular complexity index is 170. The van der Waals surface area contributed by atoms with E-state index in [1.807, 2.05) is 24.0 Å².